The molecule has 1 saturated heterocycles. The number of rotatable bonds is 4. The molecule has 0 atom stereocenters. The average molecular weight is 198 g/mol. The van der Waals surface area contributed by atoms with Crippen LogP contribution in [-0.2, 0) is 9.53 Å². The number of ether oxygens (including phenoxy) is 1. The highest BCUT2D eigenvalue weighted by atomic mass is 16.5. The fraction of sp³-hybridized carbons (Fsp3) is 0.700. The van der Waals surface area contributed by atoms with Crippen LogP contribution in [0.1, 0.15) is 26.2 Å². The second-order valence-corrected chi connectivity index (χ2v) is 3.26. The fourth-order valence-corrected chi connectivity index (χ4v) is 1.42. The summed E-state index contributed by atoms with van der Waals surface area (Å²) in [5.41, 5.74) is 3.06. The summed E-state index contributed by atoms with van der Waals surface area (Å²) >= 11 is 0. The molecule has 14 heavy (non-hydrogen) atoms. The Hall–Kier alpha value is -1.03. The van der Waals surface area contributed by atoms with Gasteiger partial charge in [0.05, 0.1) is 6.61 Å². The molecule has 0 aliphatic carbocycles. The molecule has 1 aliphatic heterocycles. The van der Waals surface area contributed by atoms with E-state index in [2.05, 4.69) is 10.4 Å². The standard InChI is InChI=1S/C10H18N2O2/c1-2-14-10(13)6-7-11-12-8-4-3-5-9-12/h6-7,11H,2-5,8-9H2,1H3. The van der Waals surface area contributed by atoms with Gasteiger partial charge in [0.1, 0.15) is 0 Å². The molecule has 0 saturated carbocycles. The van der Waals surface area contributed by atoms with E-state index in [-0.39, 0.29) is 5.97 Å². The second kappa shape index (κ2) is 6.43. The Kier molecular flexibility index (Phi) is 5.07. The molecular formula is C10H18N2O2. The van der Waals surface area contributed by atoms with Gasteiger partial charge in [-0.15, -0.1) is 0 Å². The van der Waals surface area contributed by atoms with Gasteiger partial charge in [0, 0.05) is 25.4 Å². The summed E-state index contributed by atoms with van der Waals surface area (Å²) in [7, 11) is 0. The zero-order valence-electron chi connectivity index (χ0n) is 8.66. The predicted octanol–water partition coefficient (Wildman–Crippen LogP) is 1.05. The molecule has 80 valence electrons. The highest BCUT2D eigenvalue weighted by Crippen LogP contribution is 2.05. The van der Waals surface area contributed by atoms with Gasteiger partial charge in [-0.2, -0.15) is 0 Å². The third kappa shape index (κ3) is 4.28. The average Bonchev–Trinajstić information content (AvgIpc) is 2.20. The molecule has 1 aliphatic rings. The molecule has 0 aromatic rings. The zero-order valence-corrected chi connectivity index (χ0v) is 8.66. The number of esters is 1. The molecule has 4 nitrogen and oxygen atoms in total. The Morgan fingerprint density at radius 3 is 2.79 bits per heavy atom. The van der Waals surface area contributed by atoms with E-state index in [4.69, 9.17) is 4.74 Å². The van der Waals surface area contributed by atoms with Gasteiger partial charge in [0.15, 0.2) is 0 Å². The molecule has 1 rings (SSSR count). The highest BCUT2D eigenvalue weighted by molar-refractivity contribution is 5.81. The summed E-state index contributed by atoms with van der Waals surface area (Å²) in [6.45, 7) is 4.32. The molecule has 1 N–H and O–H groups in total. The lowest BCUT2D eigenvalue weighted by Gasteiger charge is -2.25. The van der Waals surface area contributed by atoms with E-state index in [1.54, 1.807) is 13.1 Å². The summed E-state index contributed by atoms with van der Waals surface area (Å²) in [5.74, 6) is -0.294. The lowest BCUT2D eigenvalue weighted by molar-refractivity contribution is -0.137. The van der Waals surface area contributed by atoms with Crippen LogP contribution in [0.5, 0.6) is 0 Å². The molecule has 0 radical (unpaired) electrons. The maximum atomic E-state index is 10.9. The first-order valence-electron chi connectivity index (χ1n) is 5.17. The minimum absolute atomic E-state index is 0.294. The van der Waals surface area contributed by atoms with E-state index >= 15 is 0 Å². The van der Waals surface area contributed by atoms with Crippen molar-refractivity contribution in [1.29, 1.82) is 0 Å². The van der Waals surface area contributed by atoms with Gasteiger partial charge in [-0.05, 0) is 19.8 Å². The van der Waals surface area contributed by atoms with Crippen LogP contribution in [0.3, 0.4) is 0 Å². The first-order chi connectivity index (χ1) is 6.83. The van der Waals surface area contributed by atoms with Crippen molar-refractivity contribution in [2.24, 2.45) is 0 Å². The summed E-state index contributed by atoms with van der Waals surface area (Å²) in [5, 5.41) is 2.11. The number of nitrogens with one attached hydrogen (secondary N) is 1. The van der Waals surface area contributed by atoms with E-state index in [9.17, 15) is 4.79 Å². The van der Waals surface area contributed by atoms with Crippen LogP contribution in [0.2, 0.25) is 0 Å². The monoisotopic (exact) mass is 198 g/mol. The van der Waals surface area contributed by atoms with Crippen LogP contribution in [0, 0.1) is 0 Å². The number of hydrogen-bond donors (Lipinski definition) is 1. The van der Waals surface area contributed by atoms with Gasteiger partial charge in [0.25, 0.3) is 0 Å². The minimum atomic E-state index is -0.294. The maximum Gasteiger partial charge on any atom is 0.332 e. The van der Waals surface area contributed by atoms with Gasteiger partial charge in [-0.1, -0.05) is 6.42 Å². The Bertz CT molecular complexity index is 198. The van der Waals surface area contributed by atoms with Crippen molar-refractivity contribution in [3.8, 4) is 0 Å². The molecule has 1 fully saturated rings. The molecule has 0 bridgehead atoms. The van der Waals surface area contributed by atoms with Crippen molar-refractivity contribution in [3.05, 3.63) is 12.3 Å². The Morgan fingerprint density at radius 2 is 2.14 bits per heavy atom. The molecule has 4 heteroatoms. The first-order valence-corrected chi connectivity index (χ1v) is 5.17. The lowest BCUT2D eigenvalue weighted by atomic mass is 10.2. The number of piperidine rings is 1. The molecular weight excluding hydrogens is 180 g/mol. The molecule has 0 unspecified atom stereocenters. The highest BCUT2D eigenvalue weighted by Gasteiger charge is 2.07. The molecule has 0 spiro atoms. The largest absolute Gasteiger partial charge is 0.463 e. The van der Waals surface area contributed by atoms with Crippen molar-refractivity contribution in [2.75, 3.05) is 19.7 Å². The van der Waals surface area contributed by atoms with Crippen LogP contribution in [0.4, 0.5) is 0 Å². The van der Waals surface area contributed by atoms with Crippen LogP contribution in [0.15, 0.2) is 12.3 Å². The van der Waals surface area contributed by atoms with Crippen molar-refractivity contribution in [3.63, 3.8) is 0 Å². The van der Waals surface area contributed by atoms with Gasteiger partial charge in [-0.25, -0.2) is 9.80 Å². The van der Waals surface area contributed by atoms with Crippen LogP contribution >= 0.6 is 0 Å². The van der Waals surface area contributed by atoms with Crippen molar-refractivity contribution >= 4 is 5.97 Å². The topological polar surface area (TPSA) is 41.6 Å². The number of carbonyl (C=O) groups is 1. The maximum absolute atomic E-state index is 10.9. The van der Waals surface area contributed by atoms with E-state index in [1.165, 1.54) is 25.3 Å². The fourth-order valence-electron chi connectivity index (χ4n) is 1.42. The van der Waals surface area contributed by atoms with Gasteiger partial charge in [0.2, 0.25) is 0 Å². The lowest BCUT2D eigenvalue weighted by Crippen LogP contribution is -2.38. The molecule has 1 heterocycles. The second-order valence-electron chi connectivity index (χ2n) is 3.26. The smallest absolute Gasteiger partial charge is 0.332 e. The number of hydrogen-bond acceptors (Lipinski definition) is 4. The third-order valence-corrected chi connectivity index (χ3v) is 2.12. The Morgan fingerprint density at radius 1 is 1.43 bits per heavy atom. The number of carbonyl (C=O) groups excluding carboxylic acids is 1. The van der Waals surface area contributed by atoms with Crippen LogP contribution in [-0.4, -0.2) is 30.7 Å². The normalized spacial score (nSPS) is 18.4. The van der Waals surface area contributed by atoms with Gasteiger partial charge in [-0.3, -0.25) is 0 Å². The van der Waals surface area contributed by atoms with Crippen LogP contribution in [0.25, 0.3) is 0 Å². The predicted molar refractivity (Wildman–Crippen MR) is 54.3 cm³/mol. The zero-order chi connectivity index (χ0) is 10.2. The summed E-state index contributed by atoms with van der Waals surface area (Å²) < 4.78 is 4.75. The molecule has 0 amide bonds. The SMILES string of the molecule is CCOC(=O)C=CNN1CCCCC1. The van der Waals surface area contributed by atoms with E-state index in [1.807, 2.05) is 0 Å². The summed E-state index contributed by atoms with van der Waals surface area (Å²) in [4.78, 5) is 10.9. The Balaban J connectivity index is 2.14. The summed E-state index contributed by atoms with van der Waals surface area (Å²) in [6.07, 6.45) is 6.81. The van der Waals surface area contributed by atoms with E-state index in [0.717, 1.165) is 13.1 Å². The van der Waals surface area contributed by atoms with E-state index < -0.39 is 0 Å². The van der Waals surface area contributed by atoms with E-state index in [0.29, 0.717) is 6.61 Å². The van der Waals surface area contributed by atoms with Gasteiger partial charge < -0.3 is 10.2 Å². The number of nitrogens with zero attached hydrogens (tertiary/aromatic N) is 1. The first kappa shape index (κ1) is 11.0. The molecule has 0 aromatic heterocycles. The van der Waals surface area contributed by atoms with Crippen LogP contribution < -0.4 is 5.43 Å². The van der Waals surface area contributed by atoms with Crippen molar-refractivity contribution in [1.82, 2.24) is 10.4 Å². The third-order valence-electron chi connectivity index (χ3n) is 2.12. The summed E-state index contributed by atoms with van der Waals surface area (Å²) in [6, 6.07) is 0. The Labute approximate surface area is 84.9 Å². The van der Waals surface area contributed by atoms with Crippen molar-refractivity contribution < 1.29 is 9.53 Å². The minimum Gasteiger partial charge on any atom is -0.463 e. The van der Waals surface area contributed by atoms with Crippen molar-refractivity contribution in [2.45, 2.75) is 26.2 Å². The quantitative estimate of drug-likeness (QED) is 0.541. The molecule has 0 aromatic carbocycles. The number of hydrazine groups is 1. The van der Waals surface area contributed by atoms with Gasteiger partial charge >= 0.3 is 5.97 Å².